The zero-order valence-electron chi connectivity index (χ0n) is 14.7. The first-order valence-corrected chi connectivity index (χ1v) is 8.23. The number of halogens is 1. The molecule has 2 aromatic rings. The number of allylic oxidation sites excluding steroid dienone is 2. The third-order valence-electron chi connectivity index (χ3n) is 3.39. The number of rotatable bonds is 5. The van der Waals surface area contributed by atoms with Gasteiger partial charge in [-0.3, -0.25) is 0 Å². The van der Waals surface area contributed by atoms with E-state index in [-0.39, 0.29) is 0 Å². The molecule has 2 aromatic carbocycles. The number of esters is 1. The zero-order valence-corrected chi connectivity index (χ0v) is 15.5. The lowest BCUT2D eigenvalue weighted by Gasteiger charge is -2.09. The van der Waals surface area contributed by atoms with Crippen molar-refractivity contribution in [2.24, 2.45) is 0 Å². The van der Waals surface area contributed by atoms with Crippen molar-refractivity contribution in [3.8, 4) is 17.6 Å². The molecule has 0 aliphatic rings. The minimum absolute atomic E-state index is 0.317. The third-order valence-corrected chi connectivity index (χ3v) is 3.64. The highest BCUT2D eigenvalue weighted by atomic mass is 35.5. The van der Waals surface area contributed by atoms with Crippen molar-refractivity contribution in [2.75, 3.05) is 7.11 Å². The van der Waals surface area contributed by atoms with Gasteiger partial charge < -0.3 is 9.47 Å². The Kier molecular flexibility index (Phi) is 6.60. The van der Waals surface area contributed by atoms with Gasteiger partial charge in [0.05, 0.1) is 18.8 Å². The van der Waals surface area contributed by atoms with E-state index in [1.807, 2.05) is 13.8 Å². The van der Waals surface area contributed by atoms with E-state index >= 15 is 0 Å². The number of methoxy groups -OCH3 is 1. The second-order valence-electron chi connectivity index (χ2n) is 5.73. The van der Waals surface area contributed by atoms with Crippen molar-refractivity contribution in [2.45, 2.75) is 13.8 Å². The van der Waals surface area contributed by atoms with Crippen LogP contribution >= 0.6 is 11.6 Å². The minimum atomic E-state index is -0.467. The first kappa shape index (κ1) is 19.3. The van der Waals surface area contributed by atoms with Gasteiger partial charge in [-0.05, 0) is 55.3 Å². The Hall–Kier alpha value is -3.03. The van der Waals surface area contributed by atoms with Crippen LogP contribution < -0.4 is 9.47 Å². The number of carbonyl (C=O) groups excluding carboxylic acids is 1. The van der Waals surface area contributed by atoms with E-state index in [1.165, 1.54) is 13.2 Å². The van der Waals surface area contributed by atoms with Crippen LogP contribution in [0.4, 0.5) is 0 Å². The van der Waals surface area contributed by atoms with Crippen LogP contribution in [-0.2, 0) is 4.79 Å². The number of carbonyl (C=O) groups is 1. The quantitative estimate of drug-likeness (QED) is 0.237. The fourth-order valence-corrected chi connectivity index (χ4v) is 2.33. The van der Waals surface area contributed by atoms with E-state index in [9.17, 15) is 10.1 Å². The Morgan fingerprint density at radius 1 is 1.12 bits per heavy atom. The van der Waals surface area contributed by atoms with Crippen LogP contribution in [0.1, 0.15) is 25.0 Å². The SMILES string of the molecule is COc1cc(C=C(C#N)c2ccc(Cl)cc2)ccc1OC(=O)C=C(C)C. The molecular weight excluding hydrogens is 350 g/mol. The number of benzene rings is 2. The highest BCUT2D eigenvalue weighted by molar-refractivity contribution is 6.30. The molecule has 2 rings (SSSR count). The summed E-state index contributed by atoms with van der Waals surface area (Å²) < 4.78 is 10.6. The molecule has 4 nitrogen and oxygen atoms in total. The van der Waals surface area contributed by atoms with Crippen molar-refractivity contribution in [1.82, 2.24) is 0 Å². The maximum Gasteiger partial charge on any atom is 0.336 e. The second kappa shape index (κ2) is 8.89. The number of nitrogens with zero attached hydrogens (tertiary/aromatic N) is 1. The minimum Gasteiger partial charge on any atom is -0.493 e. The van der Waals surface area contributed by atoms with Gasteiger partial charge in [0.1, 0.15) is 0 Å². The molecule has 26 heavy (non-hydrogen) atoms. The van der Waals surface area contributed by atoms with Gasteiger partial charge in [0.15, 0.2) is 11.5 Å². The maximum atomic E-state index is 11.8. The summed E-state index contributed by atoms with van der Waals surface area (Å²) in [6.07, 6.45) is 3.13. The van der Waals surface area contributed by atoms with Crippen LogP contribution in [0, 0.1) is 11.3 Å². The molecule has 5 heteroatoms. The molecule has 0 aliphatic heterocycles. The van der Waals surface area contributed by atoms with E-state index in [4.69, 9.17) is 21.1 Å². The van der Waals surface area contributed by atoms with E-state index < -0.39 is 5.97 Å². The highest BCUT2D eigenvalue weighted by Crippen LogP contribution is 2.30. The molecule has 0 saturated heterocycles. The molecular formula is C21H18ClNO3. The Balaban J connectivity index is 2.33. The second-order valence-corrected chi connectivity index (χ2v) is 6.17. The molecule has 0 heterocycles. The lowest BCUT2D eigenvalue weighted by atomic mass is 10.0. The number of hydrogen-bond acceptors (Lipinski definition) is 4. The lowest BCUT2D eigenvalue weighted by Crippen LogP contribution is -2.05. The summed E-state index contributed by atoms with van der Waals surface area (Å²) in [5, 5.41) is 10.0. The fourth-order valence-electron chi connectivity index (χ4n) is 2.21. The molecule has 0 saturated carbocycles. The normalized spacial score (nSPS) is 10.7. The van der Waals surface area contributed by atoms with E-state index in [1.54, 1.807) is 48.5 Å². The van der Waals surface area contributed by atoms with Crippen LogP contribution in [-0.4, -0.2) is 13.1 Å². The molecule has 0 spiro atoms. The number of nitriles is 1. The van der Waals surface area contributed by atoms with Crippen LogP contribution in [0.25, 0.3) is 11.6 Å². The van der Waals surface area contributed by atoms with Gasteiger partial charge in [-0.2, -0.15) is 5.26 Å². The molecule has 0 aliphatic carbocycles. The van der Waals surface area contributed by atoms with Gasteiger partial charge >= 0.3 is 5.97 Å². The predicted molar refractivity (Wildman–Crippen MR) is 103 cm³/mol. The van der Waals surface area contributed by atoms with Crippen molar-refractivity contribution in [3.05, 3.63) is 70.3 Å². The van der Waals surface area contributed by atoms with Crippen molar-refractivity contribution >= 4 is 29.2 Å². The molecule has 0 amide bonds. The van der Waals surface area contributed by atoms with Crippen LogP contribution in [0.3, 0.4) is 0 Å². The number of ether oxygens (including phenoxy) is 2. The lowest BCUT2D eigenvalue weighted by molar-refractivity contribution is -0.129. The Morgan fingerprint density at radius 2 is 1.81 bits per heavy atom. The van der Waals surface area contributed by atoms with Gasteiger partial charge in [-0.15, -0.1) is 0 Å². The van der Waals surface area contributed by atoms with E-state index in [0.29, 0.717) is 22.1 Å². The summed E-state index contributed by atoms with van der Waals surface area (Å²) in [7, 11) is 1.49. The highest BCUT2D eigenvalue weighted by Gasteiger charge is 2.10. The van der Waals surface area contributed by atoms with Crippen molar-refractivity contribution < 1.29 is 14.3 Å². The third kappa shape index (κ3) is 5.23. The van der Waals surface area contributed by atoms with Gasteiger partial charge in [0, 0.05) is 11.1 Å². The average molecular weight is 368 g/mol. The van der Waals surface area contributed by atoms with Crippen molar-refractivity contribution in [3.63, 3.8) is 0 Å². The molecule has 0 fully saturated rings. The summed E-state index contributed by atoms with van der Waals surface area (Å²) in [5.74, 6) is 0.255. The first-order valence-electron chi connectivity index (χ1n) is 7.85. The van der Waals surface area contributed by atoms with Gasteiger partial charge in [0.25, 0.3) is 0 Å². The van der Waals surface area contributed by atoms with Gasteiger partial charge in [0.2, 0.25) is 0 Å². The molecule has 0 bridgehead atoms. The van der Waals surface area contributed by atoms with E-state index in [2.05, 4.69) is 6.07 Å². The molecule has 0 atom stereocenters. The Morgan fingerprint density at radius 3 is 2.38 bits per heavy atom. The van der Waals surface area contributed by atoms with Crippen molar-refractivity contribution in [1.29, 1.82) is 5.26 Å². The molecule has 0 aromatic heterocycles. The average Bonchev–Trinajstić information content (AvgIpc) is 2.61. The smallest absolute Gasteiger partial charge is 0.336 e. The Bertz CT molecular complexity index is 902. The zero-order chi connectivity index (χ0) is 19.1. The summed E-state index contributed by atoms with van der Waals surface area (Å²) in [5.41, 5.74) is 2.83. The maximum absolute atomic E-state index is 11.8. The summed E-state index contributed by atoms with van der Waals surface area (Å²) in [4.78, 5) is 11.8. The van der Waals surface area contributed by atoms with E-state index in [0.717, 1.165) is 16.7 Å². The summed E-state index contributed by atoms with van der Waals surface area (Å²) in [6, 6.07) is 14.3. The van der Waals surface area contributed by atoms with Crippen LogP contribution in [0.15, 0.2) is 54.1 Å². The molecule has 0 N–H and O–H groups in total. The molecule has 0 radical (unpaired) electrons. The monoisotopic (exact) mass is 367 g/mol. The fraction of sp³-hybridized carbons (Fsp3) is 0.143. The predicted octanol–water partition coefficient (Wildman–Crippen LogP) is 5.28. The largest absolute Gasteiger partial charge is 0.493 e. The number of hydrogen-bond donors (Lipinski definition) is 0. The summed E-state index contributed by atoms with van der Waals surface area (Å²) >= 11 is 5.89. The topological polar surface area (TPSA) is 59.3 Å². The first-order chi connectivity index (χ1) is 12.4. The molecule has 0 unspecified atom stereocenters. The standard InChI is InChI=1S/C21H18ClNO3/c1-14(2)10-21(24)26-19-9-4-15(12-20(19)25-3)11-17(13-23)16-5-7-18(22)8-6-16/h4-12H,1-3H3. The molecule has 132 valence electrons. The van der Waals surface area contributed by atoms with Gasteiger partial charge in [-0.1, -0.05) is 35.4 Å². The van der Waals surface area contributed by atoms with Gasteiger partial charge in [-0.25, -0.2) is 4.79 Å². The summed E-state index contributed by atoms with van der Waals surface area (Å²) in [6.45, 7) is 3.62. The van der Waals surface area contributed by atoms with Crippen LogP contribution in [0.5, 0.6) is 11.5 Å². The van der Waals surface area contributed by atoms with Crippen LogP contribution in [0.2, 0.25) is 5.02 Å². The Labute approximate surface area is 157 Å².